The standard InChI is InChI=1S/C9H12O2.W/c1-6-3-4-9(2)5-7(6)11-8(9)10;/h6-7H,4-5H2,1-2H3;/t6-,7-,9-;/m1./s1. The normalized spacial score (nSPS) is 46.2. The van der Waals surface area contributed by atoms with Crippen molar-refractivity contribution in [2.45, 2.75) is 32.8 Å². The third kappa shape index (κ3) is 1.04. The molecule has 2 fully saturated rings. The first-order chi connectivity index (χ1) is 5.53. The van der Waals surface area contributed by atoms with Gasteiger partial charge in [0.05, 0.1) is 0 Å². The molecule has 2 rings (SSSR count). The molecule has 0 aromatic rings. The summed E-state index contributed by atoms with van der Waals surface area (Å²) in [6, 6.07) is 0. The van der Waals surface area contributed by atoms with Gasteiger partial charge in [-0.1, -0.05) is 0 Å². The fourth-order valence-corrected chi connectivity index (χ4v) is 3.71. The van der Waals surface area contributed by atoms with Gasteiger partial charge in [-0.15, -0.1) is 0 Å². The van der Waals surface area contributed by atoms with Crippen molar-refractivity contribution in [1.29, 1.82) is 0 Å². The van der Waals surface area contributed by atoms with Gasteiger partial charge >= 0.3 is 82.9 Å². The molecule has 12 heavy (non-hydrogen) atoms. The van der Waals surface area contributed by atoms with Gasteiger partial charge in [0.2, 0.25) is 0 Å². The molecule has 0 aromatic carbocycles. The molecule has 2 nitrogen and oxygen atoms in total. The van der Waals surface area contributed by atoms with E-state index in [2.05, 4.69) is 6.92 Å². The predicted molar refractivity (Wildman–Crippen MR) is 41.4 cm³/mol. The Hall–Kier alpha value is 0.0283. The molecule has 0 radical (unpaired) electrons. The molecule has 1 saturated carbocycles. The minimum atomic E-state index is -0.172. The molecule has 1 saturated heterocycles. The van der Waals surface area contributed by atoms with Crippen LogP contribution in [0.3, 0.4) is 0 Å². The summed E-state index contributed by atoms with van der Waals surface area (Å²) in [6.45, 7) is 4.20. The van der Waals surface area contributed by atoms with E-state index in [1.165, 1.54) is 23.3 Å². The van der Waals surface area contributed by atoms with Crippen LogP contribution in [0.15, 0.2) is 0 Å². The van der Waals surface area contributed by atoms with E-state index in [9.17, 15) is 4.79 Å². The second-order valence-electron chi connectivity index (χ2n) is 4.14. The van der Waals surface area contributed by atoms with Gasteiger partial charge in [-0.3, -0.25) is 0 Å². The summed E-state index contributed by atoms with van der Waals surface area (Å²) in [5, 5.41) is 0. The molecule has 66 valence electrons. The van der Waals surface area contributed by atoms with Gasteiger partial charge in [-0.2, -0.15) is 0 Å². The van der Waals surface area contributed by atoms with E-state index in [1.807, 2.05) is 6.92 Å². The summed E-state index contributed by atoms with van der Waals surface area (Å²) < 4.78 is 6.82. The summed E-state index contributed by atoms with van der Waals surface area (Å²) in [7, 11) is 0. The molecule has 1 aliphatic heterocycles. The van der Waals surface area contributed by atoms with Gasteiger partial charge in [-0.05, 0) is 0 Å². The summed E-state index contributed by atoms with van der Waals surface area (Å²) >= 11 is 1.52. The Balaban J connectivity index is 2.34. The van der Waals surface area contributed by atoms with E-state index >= 15 is 0 Å². The van der Waals surface area contributed by atoms with Crippen molar-refractivity contribution < 1.29 is 28.9 Å². The Kier molecular flexibility index (Phi) is 1.80. The number of esters is 1. The molecule has 3 heteroatoms. The first kappa shape index (κ1) is 8.62. The average Bonchev–Trinajstić information content (AvgIpc) is 2.22. The van der Waals surface area contributed by atoms with E-state index in [1.54, 1.807) is 0 Å². The van der Waals surface area contributed by atoms with Crippen LogP contribution >= 0.6 is 0 Å². The van der Waals surface area contributed by atoms with Gasteiger partial charge < -0.3 is 0 Å². The monoisotopic (exact) mass is 336 g/mol. The Morgan fingerprint density at radius 1 is 1.67 bits per heavy atom. The quantitative estimate of drug-likeness (QED) is 0.619. The van der Waals surface area contributed by atoms with Crippen LogP contribution in [0.1, 0.15) is 26.7 Å². The Labute approximate surface area is 83.1 Å². The number of hydrogen-bond acceptors (Lipinski definition) is 2. The molecule has 0 N–H and O–H groups in total. The molecule has 0 aromatic heterocycles. The van der Waals surface area contributed by atoms with E-state index < -0.39 is 0 Å². The SMILES string of the molecule is C[C@@H]1[C](=[W])C[C@]2(C)C[C@H]1OC2=O. The van der Waals surface area contributed by atoms with E-state index in [-0.39, 0.29) is 17.5 Å². The van der Waals surface area contributed by atoms with Crippen LogP contribution in [0.2, 0.25) is 0 Å². The van der Waals surface area contributed by atoms with Crippen LogP contribution in [-0.2, 0) is 28.9 Å². The number of rotatable bonds is 0. The zero-order chi connectivity index (χ0) is 8.93. The average molecular weight is 336 g/mol. The topological polar surface area (TPSA) is 26.3 Å². The van der Waals surface area contributed by atoms with Gasteiger partial charge in [-0.25, -0.2) is 0 Å². The molecule has 1 aliphatic carbocycles. The maximum absolute atomic E-state index is 11.4. The Bertz CT molecular complexity index is 261. The second kappa shape index (κ2) is 2.51. The molecule has 2 aliphatic rings. The molecule has 3 atom stereocenters. The third-order valence-electron chi connectivity index (χ3n) is 3.03. The first-order valence-electron chi connectivity index (χ1n) is 4.27. The Morgan fingerprint density at radius 2 is 2.33 bits per heavy atom. The molecule has 0 spiro atoms. The number of carbonyl (C=O) groups excluding carboxylic acids is 1. The van der Waals surface area contributed by atoms with Crippen molar-refractivity contribution in [1.82, 2.24) is 0 Å². The van der Waals surface area contributed by atoms with Crippen LogP contribution in [0.5, 0.6) is 0 Å². The van der Waals surface area contributed by atoms with Crippen molar-refractivity contribution >= 4 is 9.87 Å². The van der Waals surface area contributed by atoms with Crippen LogP contribution < -0.4 is 0 Å². The van der Waals surface area contributed by atoms with Crippen LogP contribution in [0, 0.1) is 11.3 Å². The zero-order valence-corrected chi connectivity index (χ0v) is 10.2. The zero-order valence-electron chi connectivity index (χ0n) is 7.29. The summed E-state index contributed by atoms with van der Waals surface area (Å²) in [6.07, 6.45) is 2.08. The number of fused-ring (bicyclic) bond motifs is 2. The third-order valence-corrected chi connectivity index (χ3v) is 4.89. The van der Waals surface area contributed by atoms with Crippen molar-refractivity contribution in [3.8, 4) is 0 Å². The van der Waals surface area contributed by atoms with Crippen molar-refractivity contribution in [3.05, 3.63) is 0 Å². The molecular formula is C9H12O2W. The summed E-state index contributed by atoms with van der Waals surface area (Å²) in [5.74, 6) is 0.523. The van der Waals surface area contributed by atoms with Crippen molar-refractivity contribution in [3.63, 3.8) is 0 Å². The van der Waals surface area contributed by atoms with E-state index in [0.29, 0.717) is 5.92 Å². The molecule has 0 unspecified atom stereocenters. The first-order valence-corrected chi connectivity index (χ1v) is 5.73. The van der Waals surface area contributed by atoms with Crippen LogP contribution in [-0.4, -0.2) is 16.0 Å². The fraction of sp³-hybridized carbons (Fsp3) is 0.778. The molecular weight excluding hydrogens is 324 g/mol. The van der Waals surface area contributed by atoms with Crippen molar-refractivity contribution in [2.24, 2.45) is 11.3 Å². The van der Waals surface area contributed by atoms with Crippen molar-refractivity contribution in [2.75, 3.05) is 0 Å². The summed E-state index contributed by atoms with van der Waals surface area (Å²) in [5.41, 5.74) is -0.172. The van der Waals surface area contributed by atoms with Gasteiger partial charge in [0.25, 0.3) is 0 Å². The fourth-order valence-electron chi connectivity index (χ4n) is 2.02. The molecule has 1 heterocycles. The number of carbonyl (C=O) groups is 1. The molecule has 2 bridgehead atoms. The number of hydrogen-bond donors (Lipinski definition) is 0. The van der Waals surface area contributed by atoms with Gasteiger partial charge in [0.15, 0.2) is 0 Å². The number of ether oxygens (including phenoxy) is 1. The van der Waals surface area contributed by atoms with E-state index in [4.69, 9.17) is 4.74 Å². The van der Waals surface area contributed by atoms with Crippen LogP contribution in [0.25, 0.3) is 0 Å². The second-order valence-corrected chi connectivity index (χ2v) is 6.02. The maximum atomic E-state index is 11.4. The minimum absolute atomic E-state index is 0.0237. The van der Waals surface area contributed by atoms with Gasteiger partial charge in [0, 0.05) is 0 Å². The van der Waals surface area contributed by atoms with Gasteiger partial charge in [0.1, 0.15) is 0 Å². The molecule has 0 amide bonds. The predicted octanol–water partition coefficient (Wildman–Crippen LogP) is 1.07. The van der Waals surface area contributed by atoms with E-state index in [0.717, 1.165) is 12.8 Å². The summed E-state index contributed by atoms with van der Waals surface area (Å²) in [4.78, 5) is 11.4. The Morgan fingerprint density at radius 3 is 3.00 bits per heavy atom. The van der Waals surface area contributed by atoms with Crippen LogP contribution in [0.4, 0.5) is 0 Å².